The van der Waals surface area contributed by atoms with E-state index >= 15 is 0 Å². The van der Waals surface area contributed by atoms with Crippen LogP contribution in [-0.4, -0.2) is 10.9 Å². The molecule has 0 aliphatic rings. The lowest BCUT2D eigenvalue weighted by Crippen LogP contribution is -3.00. The van der Waals surface area contributed by atoms with E-state index in [1.165, 1.54) is 11.8 Å². The van der Waals surface area contributed by atoms with E-state index < -0.39 is 0 Å². The lowest BCUT2D eigenvalue weighted by Gasteiger charge is -1.95. The van der Waals surface area contributed by atoms with Crippen LogP contribution < -0.4 is 27.3 Å². The molecule has 0 aliphatic carbocycles. The molecule has 1 aromatic heterocycles. The summed E-state index contributed by atoms with van der Waals surface area (Å²) >= 11 is 1.37. The minimum Gasteiger partial charge on any atom is -1.00 e. The fourth-order valence-electron chi connectivity index (χ4n) is 0.844. The maximum absolute atomic E-state index is 6.99. The molecule has 1 rings (SSSR count). The number of nitrogens with one attached hydrogen (secondary N) is 1. The van der Waals surface area contributed by atoms with Gasteiger partial charge in [0.05, 0.1) is 5.75 Å². The van der Waals surface area contributed by atoms with Crippen LogP contribution in [-0.2, 0) is 6.54 Å². The molecular weight excluding hydrogens is 330 g/mol. The molecule has 0 saturated heterocycles. The Kier molecular flexibility index (Phi) is 11.1. The largest absolute Gasteiger partial charge is 1.00 e. The van der Waals surface area contributed by atoms with Crippen LogP contribution >= 0.6 is 28.7 Å². The monoisotopic (exact) mass is 341 g/mol. The second-order valence-corrected chi connectivity index (χ2v) is 3.46. The van der Waals surface area contributed by atoms with E-state index in [4.69, 9.17) is 11.1 Å². The Morgan fingerprint density at radius 1 is 1.29 bits per heavy atom. The van der Waals surface area contributed by atoms with E-state index in [1.54, 1.807) is 0 Å². The second kappa shape index (κ2) is 9.48. The Balaban J connectivity index is 0. The first-order chi connectivity index (χ1) is 5.79. The van der Waals surface area contributed by atoms with Crippen molar-refractivity contribution in [2.75, 3.05) is 5.75 Å². The molecule has 0 radical (unpaired) electrons. The lowest BCUT2D eigenvalue weighted by molar-refractivity contribution is -0.692. The topological polar surface area (TPSA) is 53.8 Å². The third-order valence-corrected chi connectivity index (χ3v) is 2.08. The molecule has 0 saturated carbocycles. The highest BCUT2D eigenvalue weighted by Crippen LogP contribution is 1.95. The van der Waals surface area contributed by atoms with E-state index in [-0.39, 0.29) is 39.1 Å². The highest BCUT2D eigenvalue weighted by molar-refractivity contribution is 8.93. The molecule has 0 bridgehead atoms. The predicted molar refractivity (Wildman–Crippen MR) is 61.3 cm³/mol. The number of aromatic nitrogens is 1. The standard InChI is InChI=1S/C8H12N3S.2BrH/c9-8(10)12-7-6-11-4-2-1-3-5-11;;/h1-5H,6-7H2,(H3,9,10);2*1H/q+1;;/p-1. The summed E-state index contributed by atoms with van der Waals surface area (Å²) in [5, 5.41) is 7.18. The van der Waals surface area contributed by atoms with E-state index in [2.05, 4.69) is 4.57 Å². The quantitative estimate of drug-likeness (QED) is 0.386. The van der Waals surface area contributed by atoms with E-state index in [9.17, 15) is 0 Å². The van der Waals surface area contributed by atoms with Gasteiger partial charge in [0, 0.05) is 12.1 Å². The zero-order valence-corrected chi connectivity index (χ0v) is 11.6. The van der Waals surface area contributed by atoms with Crippen molar-refractivity contribution in [2.45, 2.75) is 6.54 Å². The van der Waals surface area contributed by atoms with Crippen molar-refractivity contribution in [3.8, 4) is 0 Å². The fourth-order valence-corrected chi connectivity index (χ4v) is 1.37. The molecule has 0 fully saturated rings. The Labute approximate surface area is 109 Å². The molecule has 0 aromatic carbocycles. The number of halogens is 2. The van der Waals surface area contributed by atoms with Gasteiger partial charge in [0.1, 0.15) is 0 Å². The second-order valence-electron chi connectivity index (χ2n) is 2.33. The summed E-state index contributed by atoms with van der Waals surface area (Å²) in [7, 11) is 0. The van der Waals surface area contributed by atoms with Crippen LogP contribution in [0.5, 0.6) is 0 Å². The number of nitrogens with zero attached hydrogens (tertiary/aromatic N) is 1. The van der Waals surface area contributed by atoms with Gasteiger partial charge in [0.15, 0.2) is 24.1 Å². The maximum Gasteiger partial charge on any atom is 0.168 e. The van der Waals surface area contributed by atoms with Crippen molar-refractivity contribution in [3.63, 3.8) is 0 Å². The zero-order chi connectivity index (χ0) is 8.81. The van der Waals surface area contributed by atoms with Crippen LogP contribution in [0.3, 0.4) is 0 Å². The third kappa shape index (κ3) is 7.34. The van der Waals surface area contributed by atoms with Crippen molar-refractivity contribution < 1.29 is 21.5 Å². The Hall–Kier alpha value is -0.0700. The average molecular weight is 343 g/mol. The molecule has 0 atom stereocenters. The summed E-state index contributed by atoms with van der Waals surface area (Å²) in [6, 6.07) is 5.95. The molecule has 1 aromatic rings. The van der Waals surface area contributed by atoms with Gasteiger partial charge in [-0.2, -0.15) is 0 Å². The van der Waals surface area contributed by atoms with E-state index in [0.29, 0.717) is 0 Å². The number of aryl methyl sites for hydroxylation is 1. The first kappa shape index (κ1) is 16.4. The average Bonchev–Trinajstić information content (AvgIpc) is 2.05. The fraction of sp³-hybridized carbons (Fsp3) is 0.250. The predicted octanol–water partition coefficient (Wildman–Crippen LogP) is -1.82. The van der Waals surface area contributed by atoms with Gasteiger partial charge >= 0.3 is 0 Å². The molecular formula is C8H13Br2N3S. The molecule has 6 heteroatoms. The number of thioether (sulfide) groups is 1. The molecule has 3 nitrogen and oxygen atoms in total. The normalized spacial score (nSPS) is 8.29. The van der Waals surface area contributed by atoms with Crippen LogP contribution in [0.25, 0.3) is 0 Å². The zero-order valence-electron chi connectivity index (χ0n) is 7.52. The molecule has 0 aliphatic heterocycles. The van der Waals surface area contributed by atoms with Crippen molar-refractivity contribution in [3.05, 3.63) is 30.6 Å². The van der Waals surface area contributed by atoms with Crippen LogP contribution in [0.1, 0.15) is 0 Å². The first-order valence-electron chi connectivity index (χ1n) is 3.70. The molecule has 0 spiro atoms. The Morgan fingerprint density at radius 2 is 1.86 bits per heavy atom. The number of pyridine rings is 1. The maximum atomic E-state index is 6.99. The van der Waals surface area contributed by atoms with Gasteiger partial charge < -0.3 is 22.7 Å². The van der Waals surface area contributed by atoms with Gasteiger partial charge in [-0.15, -0.1) is 17.0 Å². The SMILES string of the molecule is Br.N=C(N)SCC[n+]1ccccc1.[Br-]. The number of rotatable bonds is 3. The van der Waals surface area contributed by atoms with Crippen LogP contribution in [0.4, 0.5) is 0 Å². The van der Waals surface area contributed by atoms with Gasteiger partial charge in [-0.05, 0) is 0 Å². The summed E-state index contributed by atoms with van der Waals surface area (Å²) in [5.41, 5.74) is 5.19. The number of hydrogen-bond donors (Lipinski definition) is 2. The van der Waals surface area contributed by atoms with Gasteiger partial charge in [-0.3, -0.25) is 5.41 Å². The van der Waals surface area contributed by atoms with Gasteiger partial charge in [0.2, 0.25) is 0 Å². The lowest BCUT2D eigenvalue weighted by atomic mass is 10.5. The van der Waals surface area contributed by atoms with Crippen molar-refractivity contribution in [2.24, 2.45) is 5.73 Å². The van der Waals surface area contributed by atoms with Crippen molar-refractivity contribution in [1.82, 2.24) is 0 Å². The van der Waals surface area contributed by atoms with Crippen molar-refractivity contribution >= 4 is 33.9 Å². The minimum absolute atomic E-state index is 0. The summed E-state index contributed by atoms with van der Waals surface area (Å²) in [4.78, 5) is 0. The smallest absolute Gasteiger partial charge is 0.168 e. The highest BCUT2D eigenvalue weighted by Gasteiger charge is 1.98. The molecule has 0 unspecified atom stereocenters. The van der Waals surface area contributed by atoms with Crippen LogP contribution in [0.15, 0.2) is 30.6 Å². The van der Waals surface area contributed by atoms with Crippen molar-refractivity contribution in [1.29, 1.82) is 5.41 Å². The van der Waals surface area contributed by atoms with E-state index in [0.717, 1.165) is 12.3 Å². The number of amidine groups is 1. The molecule has 14 heavy (non-hydrogen) atoms. The third-order valence-electron chi connectivity index (χ3n) is 1.38. The first-order valence-corrected chi connectivity index (χ1v) is 4.68. The minimum atomic E-state index is 0. The molecule has 0 amide bonds. The summed E-state index contributed by atoms with van der Waals surface area (Å²) in [5.74, 6) is 0.851. The van der Waals surface area contributed by atoms with Gasteiger partial charge in [-0.1, -0.05) is 17.8 Å². The summed E-state index contributed by atoms with van der Waals surface area (Å²) in [6.45, 7) is 0.894. The van der Waals surface area contributed by atoms with Gasteiger partial charge in [-0.25, -0.2) is 4.57 Å². The summed E-state index contributed by atoms with van der Waals surface area (Å²) in [6.07, 6.45) is 4.00. The van der Waals surface area contributed by atoms with Crippen LogP contribution in [0.2, 0.25) is 0 Å². The molecule has 80 valence electrons. The Bertz CT molecular complexity index is 256. The number of hydrogen-bond acceptors (Lipinski definition) is 2. The number of nitrogens with two attached hydrogens (primary N) is 1. The van der Waals surface area contributed by atoms with E-state index in [1.807, 2.05) is 30.6 Å². The Morgan fingerprint density at radius 3 is 2.36 bits per heavy atom. The van der Waals surface area contributed by atoms with Gasteiger partial charge in [0.25, 0.3) is 0 Å². The van der Waals surface area contributed by atoms with Crippen LogP contribution in [0, 0.1) is 5.41 Å². The highest BCUT2D eigenvalue weighted by atomic mass is 79.9. The molecule has 1 heterocycles. The summed E-state index contributed by atoms with van der Waals surface area (Å²) < 4.78 is 2.07. The molecule has 3 N–H and O–H groups in total.